The molecule has 0 amide bonds. The van der Waals surface area contributed by atoms with Crippen molar-refractivity contribution in [3.63, 3.8) is 0 Å². The van der Waals surface area contributed by atoms with Gasteiger partial charge in [-0.05, 0) is 72.5 Å². The van der Waals surface area contributed by atoms with Crippen LogP contribution in [0.3, 0.4) is 0 Å². The Bertz CT molecular complexity index is 1760. The SMILES string of the molecule is Cc1cccc2c(Oc3ccc(C(C)(C)c4ccc(Oc5cc(Cl)nc6c(C)cccc56)cc4)cc3)cc(Cl)nc12. The van der Waals surface area contributed by atoms with E-state index in [4.69, 9.17) is 32.7 Å². The average molecular weight is 580 g/mol. The number of aromatic nitrogens is 2. The summed E-state index contributed by atoms with van der Waals surface area (Å²) < 4.78 is 12.5. The van der Waals surface area contributed by atoms with E-state index < -0.39 is 0 Å². The Labute approximate surface area is 249 Å². The molecule has 0 saturated carbocycles. The number of rotatable bonds is 6. The van der Waals surface area contributed by atoms with Gasteiger partial charge < -0.3 is 9.47 Å². The van der Waals surface area contributed by atoms with Crippen molar-refractivity contribution in [1.29, 1.82) is 0 Å². The first kappa shape index (κ1) is 27.1. The highest BCUT2D eigenvalue weighted by molar-refractivity contribution is 6.30. The van der Waals surface area contributed by atoms with Crippen LogP contribution in [0.4, 0.5) is 0 Å². The van der Waals surface area contributed by atoms with E-state index in [9.17, 15) is 0 Å². The molecule has 0 atom stereocenters. The normalized spacial score (nSPS) is 11.7. The van der Waals surface area contributed by atoms with Gasteiger partial charge in [0.15, 0.2) is 0 Å². The van der Waals surface area contributed by atoms with E-state index in [1.807, 2.05) is 74.5 Å². The molecule has 0 fully saturated rings. The van der Waals surface area contributed by atoms with E-state index in [0.29, 0.717) is 21.8 Å². The molecule has 0 saturated heterocycles. The molecule has 0 aliphatic rings. The van der Waals surface area contributed by atoms with Crippen molar-refractivity contribution in [2.45, 2.75) is 33.1 Å². The third-order valence-corrected chi connectivity index (χ3v) is 7.94. The van der Waals surface area contributed by atoms with E-state index in [1.54, 1.807) is 12.1 Å². The largest absolute Gasteiger partial charge is 0.457 e. The van der Waals surface area contributed by atoms with Crippen LogP contribution in [0, 0.1) is 13.8 Å². The van der Waals surface area contributed by atoms with Gasteiger partial charge >= 0.3 is 0 Å². The summed E-state index contributed by atoms with van der Waals surface area (Å²) in [4.78, 5) is 8.95. The number of para-hydroxylation sites is 2. The molecule has 41 heavy (non-hydrogen) atoms. The lowest BCUT2D eigenvalue weighted by molar-refractivity contribution is 0.486. The molecule has 0 spiro atoms. The van der Waals surface area contributed by atoms with Crippen molar-refractivity contribution in [3.05, 3.63) is 130 Å². The van der Waals surface area contributed by atoms with Crippen molar-refractivity contribution in [3.8, 4) is 23.0 Å². The third-order valence-electron chi connectivity index (χ3n) is 7.55. The minimum atomic E-state index is -0.245. The topological polar surface area (TPSA) is 44.2 Å². The number of pyridine rings is 2. The van der Waals surface area contributed by atoms with Crippen LogP contribution in [-0.4, -0.2) is 9.97 Å². The maximum absolute atomic E-state index is 6.30. The van der Waals surface area contributed by atoms with E-state index in [0.717, 1.165) is 55.6 Å². The van der Waals surface area contributed by atoms with Gasteiger partial charge in [-0.25, -0.2) is 9.97 Å². The predicted molar refractivity (Wildman–Crippen MR) is 168 cm³/mol. The Kier molecular flexibility index (Phi) is 7.06. The monoisotopic (exact) mass is 578 g/mol. The number of halogens is 2. The molecule has 204 valence electrons. The fraction of sp³-hybridized carbons (Fsp3) is 0.143. The Morgan fingerprint density at radius 2 is 0.951 bits per heavy atom. The second kappa shape index (κ2) is 10.7. The molecule has 2 heterocycles. The van der Waals surface area contributed by atoms with Crippen molar-refractivity contribution in [1.82, 2.24) is 9.97 Å². The smallest absolute Gasteiger partial charge is 0.139 e. The van der Waals surface area contributed by atoms with Crippen LogP contribution in [-0.2, 0) is 5.41 Å². The maximum Gasteiger partial charge on any atom is 0.139 e. The van der Waals surface area contributed by atoms with Crippen molar-refractivity contribution >= 4 is 45.0 Å². The summed E-state index contributed by atoms with van der Waals surface area (Å²) in [6.07, 6.45) is 0. The fourth-order valence-electron chi connectivity index (χ4n) is 5.13. The van der Waals surface area contributed by atoms with Crippen LogP contribution in [0.2, 0.25) is 10.3 Å². The van der Waals surface area contributed by atoms with Crippen molar-refractivity contribution < 1.29 is 9.47 Å². The van der Waals surface area contributed by atoms with Gasteiger partial charge in [0, 0.05) is 28.3 Å². The maximum atomic E-state index is 6.30. The number of benzene rings is 4. The van der Waals surface area contributed by atoms with Crippen LogP contribution in [0.5, 0.6) is 23.0 Å². The minimum Gasteiger partial charge on any atom is -0.457 e. The second-order valence-electron chi connectivity index (χ2n) is 10.7. The molecule has 0 radical (unpaired) electrons. The van der Waals surface area contributed by atoms with Crippen molar-refractivity contribution in [2.24, 2.45) is 0 Å². The zero-order chi connectivity index (χ0) is 28.7. The highest BCUT2D eigenvalue weighted by Crippen LogP contribution is 2.38. The Morgan fingerprint density at radius 1 is 0.561 bits per heavy atom. The summed E-state index contributed by atoms with van der Waals surface area (Å²) in [7, 11) is 0. The number of nitrogens with zero attached hydrogens (tertiary/aromatic N) is 2. The van der Waals surface area contributed by atoms with E-state index >= 15 is 0 Å². The van der Waals surface area contributed by atoms with Crippen LogP contribution < -0.4 is 9.47 Å². The van der Waals surface area contributed by atoms with Gasteiger partial charge in [0.05, 0.1) is 11.0 Å². The van der Waals surface area contributed by atoms with E-state index in [1.165, 1.54) is 0 Å². The molecule has 0 unspecified atom stereocenters. The van der Waals surface area contributed by atoms with Crippen LogP contribution >= 0.6 is 23.2 Å². The molecule has 4 nitrogen and oxygen atoms in total. The molecule has 4 aromatic carbocycles. The van der Waals surface area contributed by atoms with E-state index in [2.05, 4.69) is 48.1 Å². The molecular formula is C35H28Cl2N2O2. The molecule has 0 aliphatic carbocycles. The van der Waals surface area contributed by atoms with E-state index in [-0.39, 0.29) is 5.41 Å². The summed E-state index contributed by atoms with van der Waals surface area (Å²) in [5, 5.41) is 2.67. The lowest BCUT2D eigenvalue weighted by Gasteiger charge is -2.26. The molecular weight excluding hydrogens is 551 g/mol. The van der Waals surface area contributed by atoms with Gasteiger partial charge in [-0.3, -0.25) is 0 Å². The van der Waals surface area contributed by atoms with Crippen LogP contribution in [0.1, 0.15) is 36.1 Å². The third kappa shape index (κ3) is 5.33. The Hall–Kier alpha value is -4.12. The quantitative estimate of drug-likeness (QED) is 0.184. The first-order valence-corrected chi connectivity index (χ1v) is 14.1. The summed E-state index contributed by atoms with van der Waals surface area (Å²) in [5.74, 6) is 2.84. The number of ether oxygens (including phenoxy) is 2. The van der Waals surface area contributed by atoms with Crippen LogP contribution in [0.25, 0.3) is 21.8 Å². The Balaban J connectivity index is 1.22. The summed E-state index contributed by atoms with van der Waals surface area (Å²) in [5.41, 5.74) is 5.87. The lowest BCUT2D eigenvalue weighted by atomic mass is 9.78. The van der Waals surface area contributed by atoms with Gasteiger partial charge in [-0.2, -0.15) is 0 Å². The van der Waals surface area contributed by atoms with Crippen molar-refractivity contribution in [2.75, 3.05) is 0 Å². The molecule has 0 aliphatic heterocycles. The number of aryl methyl sites for hydroxylation is 2. The number of hydrogen-bond acceptors (Lipinski definition) is 4. The fourth-order valence-corrected chi connectivity index (χ4v) is 5.50. The molecule has 0 bridgehead atoms. The lowest BCUT2D eigenvalue weighted by Crippen LogP contribution is -2.18. The van der Waals surface area contributed by atoms with Gasteiger partial charge in [-0.15, -0.1) is 0 Å². The van der Waals surface area contributed by atoms with Crippen LogP contribution in [0.15, 0.2) is 97.1 Å². The molecule has 6 rings (SSSR count). The minimum absolute atomic E-state index is 0.245. The van der Waals surface area contributed by atoms with Gasteiger partial charge in [0.2, 0.25) is 0 Å². The summed E-state index contributed by atoms with van der Waals surface area (Å²) >= 11 is 12.6. The standard InChI is InChI=1S/C35H28Cl2N2O2/c1-21-7-5-9-27-29(19-31(36)38-33(21)27)40-25-15-11-23(12-16-25)35(3,4)24-13-17-26(18-14-24)41-30-20-32(37)39-34-22(2)8-6-10-28(30)34/h5-20H,1-4H3. The first-order valence-electron chi connectivity index (χ1n) is 13.4. The Morgan fingerprint density at radius 3 is 1.34 bits per heavy atom. The zero-order valence-electron chi connectivity index (χ0n) is 23.2. The average Bonchev–Trinajstić information content (AvgIpc) is 2.95. The summed E-state index contributed by atoms with van der Waals surface area (Å²) in [6.45, 7) is 8.44. The van der Waals surface area contributed by atoms with Gasteiger partial charge in [-0.1, -0.05) is 85.6 Å². The molecule has 6 heteroatoms. The summed E-state index contributed by atoms with van der Waals surface area (Å²) in [6, 6.07) is 31.9. The first-order chi connectivity index (χ1) is 19.7. The molecule has 0 N–H and O–H groups in total. The highest BCUT2D eigenvalue weighted by atomic mass is 35.5. The molecule has 2 aromatic heterocycles. The second-order valence-corrected chi connectivity index (χ2v) is 11.5. The zero-order valence-corrected chi connectivity index (χ0v) is 24.7. The predicted octanol–water partition coefficient (Wildman–Crippen LogP) is 10.6. The number of fused-ring (bicyclic) bond motifs is 2. The highest BCUT2D eigenvalue weighted by Gasteiger charge is 2.23. The van der Waals surface area contributed by atoms with Gasteiger partial charge in [0.1, 0.15) is 33.3 Å². The van der Waals surface area contributed by atoms with Gasteiger partial charge in [0.25, 0.3) is 0 Å². The molecule has 6 aromatic rings. The number of hydrogen-bond donors (Lipinski definition) is 0.